The Morgan fingerprint density at radius 3 is 0.425 bits per heavy atom. The number of carboxylic acid groups (broad SMARTS) is 8. The Bertz CT molecular complexity index is 4000. The molecule has 0 bridgehead atoms. The van der Waals surface area contributed by atoms with E-state index in [9.17, 15) is 39.6 Å². The summed E-state index contributed by atoms with van der Waals surface area (Å²) in [6, 6.07) is 87.4. The molecule has 0 spiro atoms. The Labute approximate surface area is 815 Å². The van der Waals surface area contributed by atoms with Crippen molar-refractivity contribution in [2.24, 2.45) is 21.7 Å². The second-order valence-corrected chi connectivity index (χ2v) is 26.1. The van der Waals surface area contributed by atoms with E-state index in [-0.39, 0.29) is 163 Å². The van der Waals surface area contributed by atoms with Crippen LogP contribution in [-0.2, 0) is 202 Å². The summed E-state index contributed by atoms with van der Waals surface area (Å²) >= 11 is 0. The number of rotatable bonds is 4. The molecule has 0 fully saturated rings. The molecule has 0 amide bonds. The Hall–Kier alpha value is -7.18. The van der Waals surface area contributed by atoms with Crippen LogP contribution in [0.5, 0.6) is 0 Å². The number of hydrogen-bond donors (Lipinski definition) is 0. The predicted octanol–water partition coefficient (Wildman–Crippen LogP) is 3.76. The van der Waals surface area contributed by atoms with E-state index in [0.29, 0.717) is 0 Å². The summed E-state index contributed by atoms with van der Waals surface area (Å²) in [6.45, 7) is 23.1. The molecule has 8 aromatic carbocycles. The first kappa shape index (κ1) is 139. The van der Waals surface area contributed by atoms with Crippen LogP contribution >= 0.6 is 0 Å². The Kier molecular flexibility index (Phi) is 90.0. The maximum absolute atomic E-state index is 9.91. The summed E-state index contributed by atoms with van der Waals surface area (Å²) in [6.07, 6.45) is 7.94. The quantitative estimate of drug-likeness (QED) is 0.179. The van der Waals surface area contributed by atoms with E-state index in [1.807, 2.05) is 122 Å². The number of hydrogen-bond acceptors (Lipinski definition) is 20. The van der Waals surface area contributed by atoms with Crippen LogP contribution in [0.4, 0.5) is 0 Å². The van der Waals surface area contributed by atoms with Crippen molar-refractivity contribution < 1.29 is 263 Å². The molecule has 12 aromatic rings. The van der Waals surface area contributed by atoms with Gasteiger partial charge in [0.1, 0.15) is 0 Å². The zero-order chi connectivity index (χ0) is 87.0. The van der Waals surface area contributed by atoms with Crippen LogP contribution in [0.1, 0.15) is 111 Å². The molecule has 0 atom stereocenters. The number of aliphatic carboxylic acids is 8. The predicted molar refractivity (Wildman–Crippen MR) is 413 cm³/mol. The van der Waals surface area contributed by atoms with Crippen molar-refractivity contribution in [3.8, 4) is 22.7 Å². The summed E-state index contributed by atoms with van der Waals surface area (Å²) in [7, 11) is 3.00. The smallest absolute Gasteiger partial charge is 0.857 e. The molecule has 0 saturated carbocycles. The van der Waals surface area contributed by atoms with Gasteiger partial charge in [-0.1, -0.05) is 251 Å². The number of aromatic nitrogens is 4. The molecule has 120 heavy (non-hydrogen) atoms. The van der Waals surface area contributed by atoms with Crippen LogP contribution in [0, 0.1) is 45.9 Å². The fourth-order valence-corrected chi connectivity index (χ4v) is 7.25. The molecule has 672 valence electrons. The zero-order valence-electron chi connectivity index (χ0n) is 69.6. The second kappa shape index (κ2) is 77.8. The van der Waals surface area contributed by atoms with Gasteiger partial charge in [0.05, 0.1) is 0 Å². The second-order valence-electron chi connectivity index (χ2n) is 26.1. The molecule has 0 saturated heterocycles. The van der Waals surface area contributed by atoms with Gasteiger partial charge < -0.3 is 118 Å². The zero-order valence-corrected chi connectivity index (χ0v) is 82.0. The molecule has 32 heteroatoms. The van der Waals surface area contributed by atoms with Crippen molar-refractivity contribution in [3.05, 3.63) is 267 Å². The van der Waals surface area contributed by atoms with Crippen LogP contribution in [0.25, 0.3) is 66.4 Å². The monoisotopic (exact) mass is 2380 g/mol. The minimum Gasteiger partial charge on any atom is -0.857 e. The molecular formula is C88H100N4O20Pd8. The van der Waals surface area contributed by atoms with Crippen molar-refractivity contribution in [2.75, 3.05) is 28.4 Å². The standard InChI is InChI=1S/4C14H10N.4C5H10O2.4C2H4O2.4CH3O.8Pd/c4*1-2-7-13(8-3-1)15-11-10-12-6-4-5-9-14(12)15;4*1-5(2,3)4(6)7;4*1-2(3)4;4*1-2;;;;;;;;/h4*1-9,11H;4*1-3H3,(H,6,7);4*1H3,(H,3,4);4*1H3;;;;;;;;/q4*-1;;;;;;;;;4*-1;8*+2/p-8. The number of fused-ring (bicyclic) bond motifs is 4. The van der Waals surface area contributed by atoms with Gasteiger partial charge in [-0.2, -0.15) is 98.5 Å². The van der Waals surface area contributed by atoms with E-state index in [0.717, 1.165) is 77.7 Å². The van der Waals surface area contributed by atoms with E-state index in [1.165, 1.54) is 44.8 Å². The SMILES string of the molecule is CC(=O)[O-].CC(=O)[O-].CC(=O)[O-].CC(=O)[O-].CC(C)(C)C(=O)[O-].CC(C)(C)C(=O)[O-].CC(C)(C)C(=O)[O-].CC(C)(C)C(=O)[O-].C[O-].C[O-].C[O-].C[O-].[Pd+2].[Pd+2].[Pd+2].[Pd+2].[Pd+2].[Pd+2].[Pd+2].[Pd+2].[c-]1cn(-c2ccccc2)c2ccccc12.[c-]1cn(-c2ccccc2)c2ccccc12.[c-]1cn(-c2ccccc2)c2ccccc12.[c-]1cn(-c2ccccc2)c2ccccc12. The van der Waals surface area contributed by atoms with Gasteiger partial charge in [-0.15, -0.1) is 24.3 Å². The summed E-state index contributed by atoms with van der Waals surface area (Å²) in [5.74, 6) is -8.36. The van der Waals surface area contributed by atoms with Gasteiger partial charge in [-0.05, 0) is 76.2 Å². The van der Waals surface area contributed by atoms with Gasteiger partial charge in [-0.25, -0.2) is 0 Å². The van der Waals surface area contributed by atoms with Crippen molar-refractivity contribution >= 4 is 91.4 Å². The van der Waals surface area contributed by atoms with Gasteiger partial charge in [0, 0.05) is 92.2 Å². The average molecular weight is 2390 g/mol. The van der Waals surface area contributed by atoms with E-state index in [1.54, 1.807) is 83.1 Å². The Morgan fingerprint density at radius 1 is 0.217 bits per heavy atom. The average Bonchev–Trinajstić information content (AvgIpc) is 1.68. The first-order valence-electron chi connectivity index (χ1n) is 33.8. The molecule has 24 nitrogen and oxygen atoms in total. The van der Waals surface area contributed by atoms with Crippen LogP contribution in [-0.4, -0.2) is 94.5 Å². The van der Waals surface area contributed by atoms with Crippen molar-refractivity contribution in [3.63, 3.8) is 0 Å². The normalized spacial score (nSPS) is 9.00. The van der Waals surface area contributed by atoms with E-state index >= 15 is 0 Å². The van der Waals surface area contributed by atoms with Gasteiger partial charge >= 0.3 is 163 Å². The maximum Gasteiger partial charge on any atom is 2.00 e. The molecule has 0 aliphatic rings. The van der Waals surface area contributed by atoms with Gasteiger partial charge in [0.25, 0.3) is 0 Å². The van der Waals surface area contributed by atoms with Crippen LogP contribution in [0.2, 0.25) is 0 Å². The number of carbonyl (C=O) groups is 8. The van der Waals surface area contributed by atoms with Crippen molar-refractivity contribution in [1.82, 2.24) is 18.3 Å². The topological polar surface area (TPSA) is 433 Å². The van der Waals surface area contributed by atoms with Gasteiger partial charge in [0.2, 0.25) is 0 Å². The number of carboxylic acids is 8. The van der Waals surface area contributed by atoms with E-state index in [4.69, 9.17) is 60.0 Å². The summed E-state index contributed by atoms with van der Waals surface area (Å²) < 4.78 is 8.59. The molecule has 0 radical (unpaired) electrons. The molecule has 4 aromatic heterocycles. The number of para-hydroxylation sites is 8. The van der Waals surface area contributed by atoms with Crippen LogP contribution in [0.15, 0.2) is 243 Å². The molecule has 12 rings (SSSR count). The van der Waals surface area contributed by atoms with Crippen molar-refractivity contribution in [2.45, 2.75) is 111 Å². The van der Waals surface area contributed by atoms with E-state index < -0.39 is 69.4 Å². The fourth-order valence-electron chi connectivity index (χ4n) is 7.25. The fraction of sp³-hybridized carbons (Fsp3) is 0.273. The minimum atomic E-state index is -1.08. The maximum atomic E-state index is 9.91. The number of benzene rings is 8. The van der Waals surface area contributed by atoms with Crippen molar-refractivity contribution in [1.29, 1.82) is 0 Å². The molecule has 4 heterocycles. The number of nitrogens with zero attached hydrogens (tertiary/aromatic N) is 4. The number of carbonyl (C=O) groups excluding carboxylic acids is 8. The molecule has 0 aliphatic heterocycles. The molecule has 0 unspecified atom stereocenters. The Morgan fingerprint density at radius 2 is 0.317 bits per heavy atom. The molecule has 0 N–H and O–H groups in total. The summed E-state index contributed by atoms with van der Waals surface area (Å²) in [5.41, 5.74) is 6.72. The largest absolute Gasteiger partial charge is 2.00 e. The third kappa shape index (κ3) is 63.7. The molecule has 0 aliphatic carbocycles. The third-order valence-corrected chi connectivity index (χ3v) is 12.6. The van der Waals surface area contributed by atoms with Gasteiger partial charge in [0.15, 0.2) is 0 Å². The molecular weight excluding hydrogens is 2280 g/mol. The minimum absolute atomic E-state index is 0. The summed E-state index contributed by atoms with van der Waals surface area (Å²) in [4.78, 5) is 75.2. The van der Waals surface area contributed by atoms with E-state index in [2.05, 4.69) is 164 Å². The third-order valence-electron chi connectivity index (χ3n) is 12.6. The van der Waals surface area contributed by atoms with Crippen LogP contribution in [0.3, 0.4) is 0 Å². The van der Waals surface area contributed by atoms with Crippen LogP contribution < -0.4 is 61.3 Å². The summed E-state index contributed by atoms with van der Waals surface area (Å²) in [5, 5.41) is 113. The Balaban J connectivity index is -0.000000108. The first-order chi connectivity index (χ1) is 52.5. The first-order valence-corrected chi connectivity index (χ1v) is 33.8. The van der Waals surface area contributed by atoms with Gasteiger partial charge in [-0.3, -0.25) is 0 Å².